The van der Waals surface area contributed by atoms with Crippen LogP contribution in [0.3, 0.4) is 0 Å². The van der Waals surface area contributed by atoms with E-state index in [1.165, 1.54) is 0 Å². The molecule has 5 rings (SSSR count). The lowest BCUT2D eigenvalue weighted by molar-refractivity contribution is 0.0692. The molecule has 0 radical (unpaired) electrons. The van der Waals surface area contributed by atoms with Crippen LogP contribution in [0.15, 0.2) is 60.8 Å². The third kappa shape index (κ3) is 5.08. The molecule has 1 saturated heterocycles. The van der Waals surface area contributed by atoms with Crippen molar-refractivity contribution in [2.24, 2.45) is 0 Å². The van der Waals surface area contributed by atoms with Crippen molar-refractivity contribution in [1.82, 2.24) is 14.9 Å². The quantitative estimate of drug-likeness (QED) is 0.371. The Labute approximate surface area is 206 Å². The van der Waals surface area contributed by atoms with Crippen molar-refractivity contribution in [3.63, 3.8) is 0 Å². The van der Waals surface area contributed by atoms with E-state index < -0.39 is 5.97 Å². The fraction of sp³-hybridized carbons (Fsp3) is 0.200. The number of carboxylic acids is 1. The number of pyridine rings is 1. The first-order valence-corrected chi connectivity index (χ1v) is 12.0. The summed E-state index contributed by atoms with van der Waals surface area (Å²) in [7, 11) is 2.11. The van der Waals surface area contributed by atoms with E-state index in [4.69, 9.17) is 0 Å². The average molecular weight is 489 g/mol. The fourth-order valence-electron chi connectivity index (χ4n) is 3.94. The predicted octanol–water partition coefficient (Wildman–Crippen LogP) is 4.14. The monoisotopic (exact) mass is 488 g/mol. The summed E-state index contributed by atoms with van der Waals surface area (Å²) < 4.78 is 0. The molecule has 0 spiro atoms. The lowest BCUT2D eigenvalue weighted by Gasteiger charge is -2.34. The van der Waals surface area contributed by atoms with Gasteiger partial charge in [-0.1, -0.05) is 17.4 Å². The summed E-state index contributed by atoms with van der Waals surface area (Å²) in [6.45, 7) is 3.87. The van der Waals surface area contributed by atoms with Crippen molar-refractivity contribution in [3.8, 4) is 0 Å². The number of nitrogens with zero attached hydrogens (tertiary/aromatic N) is 4. The summed E-state index contributed by atoms with van der Waals surface area (Å²) in [5, 5.41) is 16.9. The molecule has 35 heavy (non-hydrogen) atoms. The van der Waals surface area contributed by atoms with Gasteiger partial charge in [0.15, 0.2) is 10.8 Å². The number of nitrogens with one attached hydrogen (secondary N) is 2. The Balaban J connectivity index is 1.31. The van der Waals surface area contributed by atoms with Gasteiger partial charge in [0, 0.05) is 54.7 Å². The number of fused-ring (bicyclic) bond motifs is 1. The van der Waals surface area contributed by atoms with Crippen LogP contribution in [0, 0.1) is 0 Å². The van der Waals surface area contributed by atoms with Crippen molar-refractivity contribution in [3.05, 3.63) is 72.1 Å². The minimum Gasteiger partial charge on any atom is -0.476 e. The number of aromatic nitrogens is 2. The number of benzene rings is 2. The van der Waals surface area contributed by atoms with Crippen LogP contribution in [0.2, 0.25) is 0 Å². The lowest BCUT2D eigenvalue weighted by Crippen LogP contribution is -2.44. The third-order valence-corrected chi connectivity index (χ3v) is 6.80. The molecule has 1 aliphatic heterocycles. The van der Waals surface area contributed by atoms with Crippen LogP contribution in [0.25, 0.3) is 10.9 Å². The minimum absolute atomic E-state index is 0.176. The van der Waals surface area contributed by atoms with Gasteiger partial charge in [-0.05, 0) is 55.6 Å². The number of rotatable bonds is 6. The van der Waals surface area contributed by atoms with E-state index in [1.54, 1.807) is 18.3 Å². The Bertz CT molecular complexity index is 1380. The number of piperazine rings is 1. The molecule has 2 aromatic carbocycles. The maximum absolute atomic E-state index is 12.9. The number of carboxylic acid groups (broad SMARTS) is 1. The Morgan fingerprint density at radius 1 is 1.03 bits per heavy atom. The Kier molecular flexibility index (Phi) is 6.30. The Morgan fingerprint density at radius 2 is 1.80 bits per heavy atom. The highest BCUT2D eigenvalue weighted by molar-refractivity contribution is 7.20. The maximum Gasteiger partial charge on any atom is 0.357 e. The highest BCUT2D eigenvalue weighted by Gasteiger charge is 2.21. The zero-order valence-electron chi connectivity index (χ0n) is 19.1. The second kappa shape index (κ2) is 9.69. The average Bonchev–Trinajstić information content (AvgIpc) is 3.27. The molecule has 10 heteroatoms. The summed E-state index contributed by atoms with van der Waals surface area (Å²) in [4.78, 5) is 37.7. The van der Waals surface area contributed by atoms with Crippen LogP contribution in [0.1, 0.15) is 20.8 Å². The fourth-order valence-corrected chi connectivity index (χ4v) is 4.82. The molecule has 1 amide bonds. The van der Waals surface area contributed by atoms with E-state index in [1.807, 2.05) is 42.5 Å². The number of hydrogen-bond acceptors (Lipinski definition) is 8. The minimum atomic E-state index is -1.21. The van der Waals surface area contributed by atoms with Gasteiger partial charge in [0.05, 0.1) is 5.52 Å². The van der Waals surface area contributed by atoms with Crippen molar-refractivity contribution in [1.29, 1.82) is 0 Å². The maximum atomic E-state index is 12.9. The molecule has 1 aliphatic rings. The van der Waals surface area contributed by atoms with Gasteiger partial charge in [-0.2, -0.15) is 0 Å². The van der Waals surface area contributed by atoms with Gasteiger partial charge in [-0.25, -0.2) is 9.78 Å². The molecule has 3 heterocycles. The van der Waals surface area contributed by atoms with Gasteiger partial charge < -0.3 is 25.5 Å². The van der Waals surface area contributed by atoms with E-state index >= 15 is 0 Å². The van der Waals surface area contributed by atoms with E-state index in [2.05, 4.69) is 37.4 Å². The van der Waals surface area contributed by atoms with E-state index in [0.29, 0.717) is 10.7 Å². The molecule has 0 bridgehead atoms. The number of aromatic carboxylic acids is 1. The lowest BCUT2D eigenvalue weighted by atomic mass is 10.1. The molecular formula is C25H24N6O3S. The van der Waals surface area contributed by atoms with E-state index in [9.17, 15) is 14.7 Å². The van der Waals surface area contributed by atoms with Crippen LogP contribution in [0.4, 0.5) is 21.5 Å². The smallest absolute Gasteiger partial charge is 0.357 e. The van der Waals surface area contributed by atoms with Crippen molar-refractivity contribution in [2.45, 2.75) is 0 Å². The molecule has 0 unspecified atom stereocenters. The van der Waals surface area contributed by atoms with Crippen LogP contribution < -0.4 is 15.5 Å². The molecule has 0 aliphatic carbocycles. The molecule has 0 saturated carbocycles. The third-order valence-electron chi connectivity index (χ3n) is 5.91. The SMILES string of the molecule is CN1CCN(c2ccc(C(=O)Nc3sc(Nc4ccc5ncccc5c4)nc3C(=O)O)cc2)CC1. The van der Waals surface area contributed by atoms with Crippen LogP contribution in [-0.2, 0) is 0 Å². The summed E-state index contributed by atoms with van der Waals surface area (Å²) in [5.41, 5.74) is 2.91. The number of carbonyl (C=O) groups is 2. The van der Waals surface area contributed by atoms with Gasteiger partial charge in [-0.3, -0.25) is 9.78 Å². The predicted molar refractivity (Wildman–Crippen MR) is 138 cm³/mol. The van der Waals surface area contributed by atoms with Crippen LogP contribution in [0.5, 0.6) is 0 Å². The summed E-state index contributed by atoms with van der Waals surface area (Å²) in [6, 6.07) is 16.8. The second-order valence-corrected chi connectivity index (χ2v) is 9.33. The molecule has 1 fully saturated rings. The summed E-state index contributed by atoms with van der Waals surface area (Å²) >= 11 is 1.07. The zero-order chi connectivity index (χ0) is 24.4. The molecule has 3 N–H and O–H groups in total. The normalized spacial score (nSPS) is 14.1. The Morgan fingerprint density at radius 3 is 2.54 bits per heavy atom. The van der Waals surface area contributed by atoms with Crippen molar-refractivity contribution >= 4 is 55.6 Å². The number of hydrogen-bond donors (Lipinski definition) is 3. The highest BCUT2D eigenvalue weighted by Crippen LogP contribution is 2.32. The highest BCUT2D eigenvalue weighted by atomic mass is 32.1. The molecule has 178 valence electrons. The topological polar surface area (TPSA) is 111 Å². The van der Waals surface area contributed by atoms with E-state index in [0.717, 1.165) is 59.8 Å². The first-order chi connectivity index (χ1) is 17.0. The molecule has 0 atom stereocenters. The van der Waals surface area contributed by atoms with Gasteiger partial charge in [0.1, 0.15) is 5.00 Å². The number of thiazole rings is 1. The van der Waals surface area contributed by atoms with Gasteiger partial charge in [0.2, 0.25) is 0 Å². The van der Waals surface area contributed by atoms with Crippen LogP contribution in [-0.4, -0.2) is 65.1 Å². The molecule has 2 aromatic heterocycles. The molecule has 4 aromatic rings. The second-order valence-electron chi connectivity index (χ2n) is 8.33. The number of anilines is 4. The van der Waals surface area contributed by atoms with Crippen LogP contribution >= 0.6 is 11.3 Å². The number of amides is 1. The van der Waals surface area contributed by atoms with E-state index in [-0.39, 0.29) is 16.6 Å². The first kappa shape index (κ1) is 22.8. The Hall–Kier alpha value is -4.02. The summed E-state index contributed by atoms with van der Waals surface area (Å²) in [5.74, 6) is -1.60. The first-order valence-electron chi connectivity index (χ1n) is 11.2. The van der Waals surface area contributed by atoms with Crippen molar-refractivity contribution < 1.29 is 14.7 Å². The van der Waals surface area contributed by atoms with Gasteiger partial charge in [0.25, 0.3) is 5.91 Å². The number of carbonyl (C=O) groups excluding carboxylic acids is 1. The largest absolute Gasteiger partial charge is 0.476 e. The van der Waals surface area contributed by atoms with Crippen molar-refractivity contribution in [2.75, 3.05) is 48.8 Å². The zero-order valence-corrected chi connectivity index (χ0v) is 19.9. The summed E-state index contributed by atoms with van der Waals surface area (Å²) in [6.07, 6.45) is 1.73. The molecule has 9 nitrogen and oxygen atoms in total. The standard InChI is InChI=1S/C25H24N6O3S/c1-30-11-13-31(14-12-30)19-7-4-16(5-8-19)22(32)29-23-21(24(33)34)28-25(35-23)27-18-6-9-20-17(15-18)3-2-10-26-20/h2-10,15H,11-14H2,1H3,(H,27,28)(H,29,32)(H,33,34). The number of likely N-dealkylation sites (N-methyl/N-ethyl adjacent to an activating group) is 1. The van der Waals surface area contributed by atoms with Gasteiger partial charge in [-0.15, -0.1) is 0 Å². The van der Waals surface area contributed by atoms with Gasteiger partial charge >= 0.3 is 5.97 Å². The molecular weight excluding hydrogens is 464 g/mol.